The van der Waals surface area contributed by atoms with E-state index in [0.717, 1.165) is 176 Å². The van der Waals surface area contributed by atoms with Crippen molar-refractivity contribution in [1.82, 2.24) is 98.5 Å². The summed E-state index contributed by atoms with van der Waals surface area (Å²) in [5.41, 5.74) is 37.0. The molecule has 12 aromatic heterocycles. The van der Waals surface area contributed by atoms with Crippen molar-refractivity contribution in [3.05, 3.63) is 234 Å². The van der Waals surface area contributed by atoms with Gasteiger partial charge in [0.2, 0.25) is 0 Å². The molecule has 134 heavy (non-hydrogen) atoms. The number of aliphatic hydroxyl groups is 8. The number of hydrogen-bond donors (Lipinski definition) is 14. The van der Waals surface area contributed by atoms with E-state index in [0.29, 0.717) is 75.1 Å². The van der Waals surface area contributed by atoms with Crippen molar-refractivity contribution in [3.8, 4) is 0 Å². The highest BCUT2D eigenvalue weighted by atomic mass is 79.9. The first-order valence-corrected chi connectivity index (χ1v) is 48.3. The van der Waals surface area contributed by atoms with Crippen LogP contribution in [0.4, 0.5) is 23.3 Å². The molecule has 8 fully saturated rings. The fourth-order valence-corrected chi connectivity index (χ4v) is 25.2. The number of pyridine rings is 4. The predicted octanol–water partition coefficient (Wildman–Crippen LogP) is 12.8. The van der Waals surface area contributed by atoms with Crippen molar-refractivity contribution in [2.45, 2.75) is 176 Å². The molecule has 20 atom stereocenters. The summed E-state index contributed by atoms with van der Waals surface area (Å²) in [5, 5.41) is 105. The third-order valence-corrected chi connectivity index (χ3v) is 33.5. The van der Waals surface area contributed by atoms with Gasteiger partial charge in [0.25, 0.3) is 0 Å². The van der Waals surface area contributed by atoms with Crippen LogP contribution in [0.25, 0.3) is 87.7 Å². The fraction of sp³-hybridized carbons (Fsp3) is 0.388. The molecule has 4 spiro atoms. The maximum atomic E-state index is 11.3. The number of nitrogens with zero attached hydrogens (tertiary/aromatic N) is 18. The number of nitrogens with two attached hydrogens (primary N) is 4. The number of aryl methyl sites for hydroxylation is 4. The van der Waals surface area contributed by atoms with Crippen LogP contribution in [0.2, 0.25) is 0 Å². The van der Waals surface area contributed by atoms with Gasteiger partial charge < -0.3 is 92.7 Å². The summed E-state index contributed by atoms with van der Waals surface area (Å²) in [4.78, 5) is 57.6. The lowest BCUT2D eigenvalue weighted by molar-refractivity contribution is -0.0238. The number of benzene rings is 4. The van der Waals surface area contributed by atoms with Crippen molar-refractivity contribution in [3.63, 3.8) is 0 Å². The normalized spacial score (nSPS) is 29.6. The highest BCUT2D eigenvalue weighted by Crippen LogP contribution is 2.60. The van der Waals surface area contributed by atoms with E-state index in [9.17, 15) is 40.9 Å². The second-order valence-electron chi connectivity index (χ2n) is 38.7. The van der Waals surface area contributed by atoms with Gasteiger partial charge in [-0.2, -0.15) is 0 Å². The molecular formula is C98H104Br4N24O8. The van der Waals surface area contributed by atoms with E-state index in [-0.39, 0.29) is 48.3 Å². The van der Waals surface area contributed by atoms with Crippen LogP contribution in [0.5, 0.6) is 0 Å². The van der Waals surface area contributed by atoms with Crippen molar-refractivity contribution in [1.29, 1.82) is 0 Å². The van der Waals surface area contributed by atoms with Gasteiger partial charge in [-0.05, 0) is 252 Å². The Bertz CT molecular complexity index is 6910. The van der Waals surface area contributed by atoms with Gasteiger partial charge in [0, 0.05) is 140 Å². The van der Waals surface area contributed by atoms with E-state index in [1.165, 1.54) is 0 Å². The Labute approximate surface area is 803 Å². The third kappa shape index (κ3) is 15.3. The molecular weight excluding hydrogens is 1960 g/mol. The second-order valence-corrected chi connectivity index (χ2v) is 42.1. The Kier molecular flexibility index (Phi) is 23.1. The molecule has 4 aromatic carbocycles. The number of rotatable bonds is 8. The Morgan fingerprint density at radius 3 is 0.858 bits per heavy atom. The average molecular weight is 2070 g/mol. The van der Waals surface area contributed by atoms with Gasteiger partial charge in [-0.3, -0.25) is 9.80 Å². The number of likely N-dealkylation sites (tertiary alicyclic amines) is 2. The highest BCUT2D eigenvalue weighted by molar-refractivity contribution is 9.11. The highest BCUT2D eigenvalue weighted by Gasteiger charge is 2.62. The first-order chi connectivity index (χ1) is 64.3. The first kappa shape index (κ1) is 90.1. The molecule has 18 N–H and O–H groups in total. The van der Waals surface area contributed by atoms with Gasteiger partial charge in [-0.1, -0.05) is 48.5 Å². The van der Waals surface area contributed by atoms with E-state index in [1.54, 1.807) is 25.3 Å². The second kappa shape index (κ2) is 34.4. The van der Waals surface area contributed by atoms with Crippen LogP contribution in [0.3, 0.4) is 0 Å². The number of hydrogen-bond acceptors (Lipinski definition) is 28. The number of anilines is 4. The quantitative estimate of drug-likeness (QED) is 0.0672. The van der Waals surface area contributed by atoms with Crippen LogP contribution >= 0.6 is 63.7 Å². The van der Waals surface area contributed by atoms with Crippen molar-refractivity contribution >= 4 is 175 Å². The van der Waals surface area contributed by atoms with E-state index in [2.05, 4.69) is 219 Å². The molecule has 24 rings (SSSR count). The molecule has 0 amide bonds. The molecule has 692 valence electrons. The van der Waals surface area contributed by atoms with Gasteiger partial charge in [0.1, 0.15) is 95.6 Å². The minimum absolute atomic E-state index is 0.0626. The smallest absolute Gasteiger partial charge is 0.143 e. The minimum atomic E-state index is -0.869. The molecule has 4 aliphatic heterocycles. The molecule has 8 aliphatic rings. The Balaban J connectivity index is 0.000000107. The van der Waals surface area contributed by atoms with Gasteiger partial charge in [-0.25, -0.2) is 59.8 Å². The summed E-state index contributed by atoms with van der Waals surface area (Å²) in [5.74, 6) is 1.86. The zero-order valence-electron chi connectivity index (χ0n) is 74.3. The molecule has 16 aromatic rings. The summed E-state index contributed by atoms with van der Waals surface area (Å²) < 4.78 is 11.2. The molecule has 0 radical (unpaired) electrons. The summed E-state index contributed by atoms with van der Waals surface area (Å²) in [6.45, 7) is 10.5. The predicted molar refractivity (Wildman–Crippen MR) is 528 cm³/mol. The molecule has 16 heterocycles. The van der Waals surface area contributed by atoms with E-state index < -0.39 is 70.5 Å². The zero-order chi connectivity index (χ0) is 93.4. The minimum Gasteiger partial charge on any atom is -0.390 e. The summed E-state index contributed by atoms with van der Waals surface area (Å²) >= 11 is 13.8. The summed E-state index contributed by atoms with van der Waals surface area (Å²) in [6, 6.07) is 40.2. The van der Waals surface area contributed by atoms with E-state index >= 15 is 0 Å². The lowest BCUT2D eigenvalue weighted by Crippen LogP contribution is -2.38. The monoisotopic (exact) mass is 2060 g/mol. The SMILES string of the molecule is Cc1ncnc2c1ccn2[C@@H]1C[C@@]2(CN[C@@H](c3ccc4cc(Br)c(N)nc4c3)C2)[C@@H](O)[C@H]1O.Cc1ncnc2c1ccn2[C@@H]1C[C@@]2(CN[C@H](c3ccc4cc(Br)c(N)nc4c3)C2)[C@@H](O)[C@H]1O.Cc1ncnc2c1ccn2[C@@H]1C[C@]2(C[C@@H](c3ccc4cc(Br)c(N)nc4c3)N(C)C2)[C@@H](O)[C@H]1O.Cc1ncnc2c1ccn2[C@@H]1C[C@]2(C[C@H](c3ccc4cc(Br)c(N)nc4c3)N(C)C2)[C@@H](O)[C@H]1O. The maximum Gasteiger partial charge on any atom is 0.143 e. The number of halogens is 4. The maximum absolute atomic E-state index is 11.3. The molecule has 4 aliphatic carbocycles. The van der Waals surface area contributed by atoms with Crippen molar-refractivity contribution in [2.75, 3.05) is 63.2 Å². The zero-order valence-corrected chi connectivity index (χ0v) is 80.7. The van der Waals surface area contributed by atoms with Crippen molar-refractivity contribution < 1.29 is 40.9 Å². The average Bonchev–Trinajstić information content (AvgIpc) is 1.30. The standard InChI is InChI=1S/2C25H27BrN6O2.2C24H25BrN6O2/c2*1-13-16-5-6-32(24(16)29-12-28-13)20-10-25(22(34)21(20)33)9-19(31(2)11-25)15-4-3-14-7-17(26)23(27)30-18(14)8-15;2*1-12-15-4-5-31(23(15)29-11-28-12)19-9-24(21(33)20(19)32)8-18(27-10-24)14-3-2-13-6-16(25)22(26)30-17(13)7-14/h2*3-8,12,19-22,33-34H,9-11H2,1-2H3,(H2,27,30);2*2-7,11,18-21,27,32-33H,8-10H2,1H3,(H2,26,30)/t19-,20+,21-,22-,25-;19-,20-,21+,22+,25+;18-,19+,20-,21-,24-;18-,19-,20+,21+,24+/m0101/s1. The first-order valence-electron chi connectivity index (χ1n) is 45.1. The summed E-state index contributed by atoms with van der Waals surface area (Å²) in [6.07, 6.45) is 12.9. The molecule has 36 heteroatoms. The van der Waals surface area contributed by atoms with Crippen LogP contribution < -0.4 is 33.6 Å². The molecule has 4 saturated carbocycles. The number of fused-ring (bicyclic) bond motifs is 8. The van der Waals surface area contributed by atoms with E-state index in [4.69, 9.17) is 22.9 Å². The van der Waals surface area contributed by atoms with Gasteiger partial charge >= 0.3 is 0 Å². The van der Waals surface area contributed by atoms with Gasteiger partial charge in [0.15, 0.2) is 0 Å². The Hall–Kier alpha value is -10.4. The van der Waals surface area contributed by atoms with Crippen molar-refractivity contribution in [2.24, 2.45) is 21.7 Å². The lowest BCUT2D eigenvalue weighted by atomic mass is 9.80. The van der Waals surface area contributed by atoms with E-state index in [1.807, 2.05) is 131 Å². The van der Waals surface area contributed by atoms with Crippen LogP contribution in [0.15, 0.2) is 189 Å². The molecule has 0 unspecified atom stereocenters. The van der Waals surface area contributed by atoms with Crippen LogP contribution in [-0.4, -0.2) is 218 Å². The number of nitrogen functional groups attached to an aromatic ring is 4. The van der Waals surface area contributed by atoms with Gasteiger partial charge in [0.05, 0.1) is 111 Å². The molecule has 4 saturated heterocycles. The third-order valence-electron chi connectivity index (χ3n) is 31.0. The topological polar surface area (TPSA) is 471 Å². The van der Waals surface area contributed by atoms with Crippen LogP contribution in [-0.2, 0) is 0 Å². The number of aromatic nitrogens is 16. The molecule has 32 nitrogen and oxygen atoms in total. The van der Waals surface area contributed by atoms with Gasteiger partial charge in [-0.15, -0.1) is 0 Å². The Morgan fingerprint density at radius 1 is 0.321 bits per heavy atom. The van der Waals surface area contributed by atoms with Crippen LogP contribution in [0.1, 0.15) is 145 Å². The summed E-state index contributed by atoms with van der Waals surface area (Å²) in [7, 11) is 4.17. The largest absolute Gasteiger partial charge is 0.390 e. The lowest BCUT2D eigenvalue weighted by Gasteiger charge is -2.27. The fourth-order valence-electron chi connectivity index (χ4n) is 23.9. The molecule has 0 bridgehead atoms. The Morgan fingerprint density at radius 2 is 0.575 bits per heavy atom. The number of nitrogens with one attached hydrogen (secondary N) is 2. The number of aliphatic hydroxyl groups excluding tert-OH is 8. The van der Waals surface area contributed by atoms with Crippen LogP contribution in [0, 0.1) is 49.4 Å².